The largest absolute Gasteiger partial charge is 0.382 e. The molecule has 2 N–H and O–H groups in total. The summed E-state index contributed by atoms with van der Waals surface area (Å²) < 4.78 is 5.32. The molecule has 1 atom stereocenters. The average molecular weight is 257 g/mol. The molecule has 0 aliphatic rings. The maximum absolute atomic E-state index is 6.08. The van der Waals surface area contributed by atoms with Crippen molar-refractivity contribution in [1.29, 1.82) is 0 Å². The van der Waals surface area contributed by atoms with Crippen LogP contribution >= 0.6 is 0 Å². The molecule has 110 valence electrons. The van der Waals surface area contributed by atoms with Crippen molar-refractivity contribution in [3.63, 3.8) is 0 Å². The van der Waals surface area contributed by atoms with E-state index in [0.717, 1.165) is 26.1 Å². The summed E-state index contributed by atoms with van der Waals surface area (Å²) in [4.78, 5) is 0. The molecule has 2 nitrogen and oxygen atoms in total. The minimum absolute atomic E-state index is 0.394. The molecule has 0 bridgehead atoms. The van der Waals surface area contributed by atoms with Crippen LogP contribution in [0.5, 0.6) is 0 Å². The quantitative estimate of drug-likeness (QED) is 0.459. The molecule has 0 radical (unpaired) electrons. The van der Waals surface area contributed by atoms with Crippen LogP contribution in [-0.2, 0) is 4.74 Å². The monoisotopic (exact) mass is 257 g/mol. The molecule has 0 aliphatic carbocycles. The zero-order valence-corrected chi connectivity index (χ0v) is 12.8. The molecule has 0 saturated heterocycles. The van der Waals surface area contributed by atoms with Crippen LogP contribution in [0, 0.1) is 0 Å². The van der Waals surface area contributed by atoms with Crippen LogP contribution in [0.15, 0.2) is 0 Å². The Hall–Kier alpha value is -0.0800. The van der Waals surface area contributed by atoms with E-state index >= 15 is 0 Å². The summed E-state index contributed by atoms with van der Waals surface area (Å²) in [5.41, 5.74) is 6.08. The second-order valence-electron chi connectivity index (χ2n) is 5.36. The van der Waals surface area contributed by atoms with E-state index in [1.807, 2.05) is 6.92 Å². The van der Waals surface area contributed by atoms with Gasteiger partial charge in [0, 0.05) is 19.3 Å². The SMILES string of the molecule is CCCCCCCCCCC(N)CCCOCC. The maximum Gasteiger partial charge on any atom is 0.0466 e. The molecule has 0 aromatic rings. The molecule has 0 rings (SSSR count). The summed E-state index contributed by atoms with van der Waals surface area (Å²) in [5.74, 6) is 0. The van der Waals surface area contributed by atoms with E-state index in [1.54, 1.807) is 0 Å². The molecule has 0 aromatic heterocycles. The van der Waals surface area contributed by atoms with Gasteiger partial charge in [-0.2, -0.15) is 0 Å². The van der Waals surface area contributed by atoms with E-state index in [2.05, 4.69) is 6.92 Å². The van der Waals surface area contributed by atoms with Crippen LogP contribution < -0.4 is 5.73 Å². The van der Waals surface area contributed by atoms with E-state index in [-0.39, 0.29) is 0 Å². The topological polar surface area (TPSA) is 35.2 Å². The van der Waals surface area contributed by atoms with Gasteiger partial charge in [-0.25, -0.2) is 0 Å². The second-order valence-corrected chi connectivity index (χ2v) is 5.36. The number of hydrogen-bond donors (Lipinski definition) is 1. The Bertz CT molecular complexity index is 150. The first-order valence-corrected chi connectivity index (χ1v) is 8.14. The molecule has 0 aromatic carbocycles. The van der Waals surface area contributed by atoms with Crippen LogP contribution in [-0.4, -0.2) is 19.3 Å². The van der Waals surface area contributed by atoms with E-state index in [9.17, 15) is 0 Å². The number of hydrogen-bond acceptors (Lipinski definition) is 2. The van der Waals surface area contributed by atoms with Gasteiger partial charge in [0.15, 0.2) is 0 Å². The lowest BCUT2D eigenvalue weighted by atomic mass is 10.0. The maximum atomic E-state index is 6.08. The summed E-state index contributed by atoms with van der Waals surface area (Å²) in [7, 11) is 0. The van der Waals surface area contributed by atoms with Gasteiger partial charge in [-0.15, -0.1) is 0 Å². The molecule has 0 heterocycles. The minimum Gasteiger partial charge on any atom is -0.382 e. The number of nitrogens with two attached hydrogens (primary N) is 1. The van der Waals surface area contributed by atoms with Crippen molar-refractivity contribution in [2.45, 2.75) is 90.5 Å². The van der Waals surface area contributed by atoms with Crippen LogP contribution in [0.25, 0.3) is 0 Å². The van der Waals surface area contributed by atoms with E-state index in [1.165, 1.54) is 57.8 Å². The number of ether oxygens (including phenoxy) is 1. The third-order valence-corrected chi connectivity index (χ3v) is 3.50. The van der Waals surface area contributed by atoms with Crippen LogP contribution in [0.4, 0.5) is 0 Å². The summed E-state index contributed by atoms with van der Waals surface area (Å²) in [6.45, 7) is 6.02. The van der Waals surface area contributed by atoms with Crippen LogP contribution in [0.3, 0.4) is 0 Å². The number of unbranched alkanes of at least 4 members (excludes halogenated alkanes) is 7. The molecule has 2 heteroatoms. The summed E-state index contributed by atoms with van der Waals surface area (Å²) in [6.07, 6.45) is 14.5. The van der Waals surface area contributed by atoms with Crippen molar-refractivity contribution in [3.05, 3.63) is 0 Å². The first-order chi connectivity index (χ1) is 8.81. The van der Waals surface area contributed by atoms with Gasteiger partial charge in [-0.3, -0.25) is 0 Å². The molecule has 0 fully saturated rings. The van der Waals surface area contributed by atoms with Gasteiger partial charge in [0.25, 0.3) is 0 Å². The Morgan fingerprint density at radius 3 is 1.94 bits per heavy atom. The van der Waals surface area contributed by atoms with Crippen molar-refractivity contribution in [3.8, 4) is 0 Å². The van der Waals surface area contributed by atoms with Crippen molar-refractivity contribution in [2.75, 3.05) is 13.2 Å². The normalized spacial score (nSPS) is 12.8. The van der Waals surface area contributed by atoms with Gasteiger partial charge in [0.2, 0.25) is 0 Å². The lowest BCUT2D eigenvalue weighted by molar-refractivity contribution is 0.141. The Morgan fingerprint density at radius 1 is 0.778 bits per heavy atom. The fourth-order valence-electron chi connectivity index (χ4n) is 2.28. The Labute approximate surface area is 115 Å². The summed E-state index contributed by atoms with van der Waals surface area (Å²) >= 11 is 0. The highest BCUT2D eigenvalue weighted by Crippen LogP contribution is 2.11. The first kappa shape index (κ1) is 17.9. The van der Waals surface area contributed by atoms with Gasteiger partial charge in [-0.05, 0) is 26.2 Å². The predicted octanol–water partition coefficient (Wildman–Crippen LogP) is 4.66. The highest BCUT2D eigenvalue weighted by molar-refractivity contribution is 4.61. The minimum atomic E-state index is 0.394. The third kappa shape index (κ3) is 14.0. The first-order valence-electron chi connectivity index (χ1n) is 8.14. The zero-order valence-electron chi connectivity index (χ0n) is 12.8. The van der Waals surface area contributed by atoms with E-state index in [4.69, 9.17) is 10.5 Å². The predicted molar refractivity (Wildman–Crippen MR) is 80.9 cm³/mol. The molecule has 1 unspecified atom stereocenters. The molecule has 18 heavy (non-hydrogen) atoms. The molecular formula is C16H35NO. The Kier molecular flexibility index (Phi) is 14.9. The fourth-order valence-corrected chi connectivity index (χ4v) is 2.28. The molecule has 0 spiro atoms. The molecule has 0 saturated carbocycles. The highest BCUT2D eigenvalue weighted by atomic mass is 16.5. The van der Waals surface area contributed by atoms with Gasteiger partial charge >= 0.3 is 0 Å². The molecular weight excluding hydrogens is 222 g/mol. The van der Waals surface area contributed by atoms with Crippen molar-refractivity contribution in [2.24, 2.45) is 5.73 Å². The van der Waals surface area contributed by atoms with Crippen LogP contribution in [0.1, 0.15) is 84.5 Å². The molecule has 0 amide bonds. The van der Waals surface area contributed by atoms with Crippen LogP contribution in [0.2, 0.25) is 0 Å². The van der Waals surface area contributed by atoms with Gasteiger partial charge in [0.1, 0.15) is 0 Å². The third-order valence-electron chi connectivity index (χ3n) is 3.50. The van der Waals surface area contributed by atoms with Crippen molar-refractivity contribution < 1.29 is 4.74 Å². The summed E-state index contributed by atoms with van der Waals surface area (Å²) in [6, 6.07) is 0.394. The number of rotatable bonds is 14. The van der Waals surface area contributed by atoms with Gasteiger partial charge in [-0.1, -0.05) is 58.3 Å². The average Bonchev–Trinajstić information content (AvgIpc) is 2.38. The summed E-state index contributed by atoms with van der Waals surface area (Å²) in [5, 5.41) is 0. The standard InChI is InChI=1S/C16H35NO/c1-3-5-6-7-8-9-10-11-13-16(17)14-12-15-18-4-2/h16H,3-15,17H2,1-2H3. The Balaban J connectivity index is 3.08. The van der Waals surface area contributed by atoms with Crippen molar-refractivity contribution >= 4 is 0 Å². The fraction of sp³-hybridized carbons (Fsp3) is 1.00. The zero-order chi connectivity index (χ0) is 13.5. The lowest BCUT2D eigenvalue weighted by Crippen LogP contribution is -2.20. The highest BCUT2D eigenvalue weighted by Gasteiger charge is 2.02. The van der Waals surface area contributed by atoms with E-state index < -0.39 is 0 Å². The smallest absolute Gasteiger partial charge is 0.0466 e. The van der Waals surface area contributed by atoms with Crippen molar-refractivity contribution in [1.82, 2.24) is 0 Å². The van der Waals surface area contributed by atoms with Gasteiger partial charge < -0.3 is 10.5 Å². The van der Waals surface area contributed by atoms with Gasteiger partial charge in [0.05, 0.1) is 0 Å². The lowest BCUT2D eigenvalue weighted by Gasteiger charge is -2.11. The van der Waals surface area contributed by atoms with E-state index in [0.29, 0.717) is 6.04 Å². The molecule has 0 aliphatic heterocycles. The second kappa shape index (κ2) is 15.0. The Morgan fingerprint density at radius 2 is 1.33 bits per heavy atom.